The predicted octanol–water partition coefficient (Wildman–Crippen LogP) is 1.84. The number of piperidine rings is 1. The minimum absolute atomic E-state index is 0.160. The van der Waals surface area contributed by atoms with Gasteiger partial charge in [-0.3, -0.25) is 4.90 Å². The topological polar surface area (TPSA) is 49.4 Å². The van der Waals surface area contributed by atoms with Crippen LogP contribution in [0.25, 0.3) is 0 Å². The molecule has 20 heavy (non-hydrogen) atoms. The fraction of sp³-hybridized carbons (Fsp3) is 0.600. The molecule has 1 atom stereocenters. The van der Waals surface area contributed by atoms with E-state index in [9.17, 15) is 8.42 Å². The number of nitrogens with zero attached hydrogens (tertiary/aromatic N) is 1. The number of rotatable bonds is 6. The van der Waals surface area contributed by atoms with Gasteiger partial charge in [-0.2, -0.15) is 0 Å². The van der Waals surface area contributed by atoms with E-state index in [4.69, 9.17) is 0 Å². The van der Waals surface area contributed by atoms with Crippen LogP contribution < -0.4 is 4.72 Å². The molecule has 5 heteroatoms. The molecular weight excluding hydrogens is 272 g/mol. The van der Waals surface area contributed by atoms with Gasteiger partial charge in [-0.15, -0.1) is 0 Å². The van der Waals surface area contributed by atoms with E-state index in [0.29, 0.717) is 12.5 Å². The first-order valence-electron chi connectivity index (χ1n) is 7.32. The first kappa shape index (κ1) is 15.5. The molecule has 1 fully saturated rings. The van der Waals surface area contributed by atoms with Crippen LogP contribution in [0.15, 0.2) is 30.3 Å². The summed E-state index contributed by atoms with van der Waals surface area (Å²) in [5.41, 5.74) is 1.32. The maximum absolute atomic E-state index is 11.5. The van der Waals surface area contributed by atoms with Gasteiger partial charge in [0.05, 0.1) is 5.75 Å². The van der Waals surface area contributed by atoms with Crippen LogP contribution in [0.5, 0.6) is 0 Å². The Morgan fingerprint density at radius 2 is 2.05 bits per heavy atom. The molecule has 0 spiro atoms. The summed E-state index contributed by atoms with van der Waals surface area (Å²) >= 11 is 0. The molecule has 0 unspecified atom stereocenters. The molecule has 112 valence electrons. The van der Waals surface area contributed by atoms with Crippen molar-refractivity contribution in [3.8, 4) is 0 Å². The minimum Gasteiger partial charge on any atom is -0.299 e. The molecule has 0 bridgehead atoms. The molecule has 1 aromatic carbocycles. The van der Waals surface area contributed by atoms with E-state index in [1.807, 2.05) is 6.07 Å². The largest absolute Gasteiger partial charge is 0.299 e. The molecule has 0 amide bonds. The van der Waals surface area contributed by atoms with Gasteiger partial charge in [0.15, 0.2) is 0 Å². The molecule has 1 aliphatic rings. The number of benzene rings is 1. The third kappa shape index (κ3) is 4.89. The Morgan fingerprint density at radius 1 is 1.30 bits per heavy atom. The van der Waals surface area contributed by atoms with E-state index in [0.717, 1.165) is 32.5 Å². The monoisotopic (exact) mass is 296 g/mol. The number of hydrogen-bond acceptors (Lipinski definition) is 3. The van der Waals surface area contributed by atoms with E-state index >= 15 is 0 Å². The summed E-state index contributed by atoms with van der Waals surface area (Å²) in [6, 6.07) is 10.4. The summed E-state index contributed by atoms with van der Waals surface area (Å²) in [4.78, 5) is 2.42. The number of nitrogens with one attached hydrogen (secondary N) is 1. The molecule has 1 aliphatic heterocycles. The van der Waals surface area contributed by atoms with E-state index in [2.05, 4.69) is 33.9 Å². The quantitative estimate of drug-likeness (QED) is 0.871. The van der Waals surface area contributed by atoms with Gasteiger partial charge in [-0.1, -0.05) is 30.3 Å². The second-order valence-electron chi connectivity index (χ2n) is 5.48. The van der Waals surface area contributed by atoms with Gasteiger partial charge in [0.2, 0.25) is 10.0 Å². The number of likely N-dealkylation sites (tertiary alicyclic amines) is 1. The maximum atomic E-state index is 11.5. The molecule has 0 radical (unpaired) electrons. The Morgan fingerprint density at radius 3 is 2.75 bits per heavy atom. The zero-order valence-corrected chi connectivity index (χ0v) is 12.9. The Bertz CT molecular complexity index is 502. The Balaban J connectivity index is 1.83. The normalized spacial score (nSPS) is 20.9. The molecule has 1 heterocycles. The maximum Gasteiger partial charge on any atom is 0.211 e. The van der Waals surface area contributed by atoms with E-state index in [1.165, 1.54) is 5.56 Å². The Kier molecular flexibility index (Phi) is 5.57. The average molecular weight is 296 g/mol. The standard InChI is InChI=1S/C15H24N2O2S/c1-2-20(18,19)16-11-15-9-6-10-17(13-15)12-14-7-4-3-5-8-14/h3-5,7-8,15-16H,2,6,9-13H2,1H3/t15-/m0/s1. The van der Waals surface area contributed by atoms with Crippen molar-refractivity contribution >= 4 is 10.0 Å². The smallest absolute Gasteiger partial charge is 0.211 e. The van der Waals surface area contributed by atoms with Crippen LogP contribution in [0.2, 0.25) is 0 Å². The zero-order valence-electron chi connectivity index (χ0n) is 12.1. The van der Waals surface area contributed by atoms with Crippen LogP contribution in [0.4, 0.5) is 0 Å². The minimum atomic E-state index is -3.06. The fourth-order valence-corrected chi connectivity index (χ4v) is 3.34. The lowest BCUT2D eigenvalue weighted by Crippen LogP contribution is -2.40. The van der Waals surface area contributed by atoms with Crippen LogP contribution >= 0.6 is 0 Å². The highest BCUT2D eigenvalue weighted by atomic mass is 32.2. The molecule has 0 aliphatic carbocycles. The van der Waals surface area contributed by atoms with Crippen LogP contribution in [0, 0.1) is 5.92 Å². The van der Waals surface area contributed by atoms with Crippen molar-refractivity contribution in [1.29, 1.82) is 0 Å². The van der Waals surface area contributed by atoms with Gasteiger partial charge in [-0.25, -0.2) is 13.1 Å². The highest BCUT2D eigenvalue weighted by Gasteiger charge is 2.21. The number of sulfonamides is 1. The summed E-state index contributed by atoms with van der Waals surface area (Å²) in [7, 11) is -3.06. The van der Waals surface area contributed by atoms with E-state index in [-0.39, 0.29) is 5.75 Å². The molecular formula is C15H24N2O2S. The molecule has 1 aromatic rings. The highest BCUT2D eigenvalue weighted by molar-refractivity contribution is 7.89. The third-order valence-electron chi connectivity index (χ3n) is 3.82. The Hall–Kier alpha value is -0.910. The van der Waals surface area contributed by atoms with Crippen LogP contribution in [0.3, 0.4) is 0 Å². The van der Waals surface area contributed by atoms with Crippen molar-refractivity contribution in [2.45, 2.75) is 26.3 Å². The van der Waals surface area contributed by atoms with Gasteiger partial charge in [0, 0.05) is 19.6 Å². The first-order valence-corrected chi connectivity index (χ1v) is 8.98. The summed E-state index contributed by atoms with van der Waals surface area (Å²) in [6.07, 6.45) is 2.25. The van der Waals surface area contributed by atoms with Crippen LogP contribution in [-0.2, 0) is 16.6 Å². The van der Waals surface area contributed by atoms with Crippen molar-refractivity contribution in [3.05, 3.63) is 35.9 Å². The van der Waals surface area contributed by atoms with E-state index < -0.39 is 10.0 Å². The van der Waals surface area contributed by atoms with Gasteiger partial charge in [0.25, 0.3) is 0 Å². The van der Waals surface area contributed by atoms with Crippen molar-refractivity contribution in [2.24, 2.45) is 5.92 Å². The van der Waals surface area contributed by atoms with Gasteiger partial charge in [0.1, 0.15) is 0 Å². The first-order chi connectivity index (χ1) is 9.59. The SMILES string of the molecule is CCS(=O)(=O)NC[C@@H]1CCCN(Cc2ccccc2)C1. The second kappa shape index (κ2) is 7.20. The average Bonchev–Trinajstić information content (AvgIpc) is 2.47. The molecule has 1 saturated heterocycles. The highest BCUT2D eigenvalue weighted by Crippen LogP contribution is 2.18. The molecule has 0 aromatic heterocycles. The second-order valence-corrected chi connectivity index (χ2v) is 7.58. The van der Waals surface area contributed by atoms with Crippen LogP contribution in [0.1, 0.15) is 25.3 Å². The molecule has 2 rings (SSSR count). The fourth-order valence-electron chi connectivity index (χ4n) is 2.65. The van der Waals surface area contributed by atoms with Gasteiger partial charge < -0.3 is 0 Å². The third-order valence-corrected chi connectivity index (χ3v) is 5.19. The van der Waals surface area contributed by atoms with Crippen molar-refractivity contribution in [2.75, 3.05) is 25.4 Å². The van der Waals surface area contributed by atoms with E-state index in [1.54, 1.807) is 6.92 Å². The number of hydrogen-bond donors (Lipinski definition) is 1. The van der Waals surface area contributed by atoms with Crippen molar-refractivity contribution in [1.82, 2.24) is 9.62 Å². The summed E-state index contributed by atoms with van der Waals surface area (Å²) in [5, 5.41) is 0. The lowest BCUT2D eigenvalue weighted by molar-refractivity contribution is 0.169. The molecule has 1 N–H and O–H groups in total. The zero-order chi connectivity index (χ0) is 14.4. The predicted molar refractivity (Wildman–Crippen MR) is 81.9 cm³/mol. The van der Waals surface area contributed by atoms with Crippen molar-refractivity contribution < 1.29 is 8.42 Å². The van der Waals surface area contributed by atoms with Gasteiger partial charge >= 0.3 is 0 Å². The van der Waals surface area contributed by atoms with Crippen LogP contribution in [-0.4, -0.2) is 38.7 Å². The molecule has 0 saturated carbocycles. The lowest BCUT2D eigenvalue weighted by atomic mass is 9.98. The lowest BCUT2D eigenvalue weighted by Gasteiger charge is -2.32. The summed E-state index contributed by atoms with van der Waals surface area (Å²) in [5.74, 6) is 0.585. The Labute approximate surface area is 122 Å². The summed E-state index contributed by atoms with van der Waals surface area (Å²) < 4.78 is 25.7. The molecule has 4 nitrogen and oxygen atoms in total. The summed E-state index contributed by atoms with van der Waals surface area (Å²) in [6.45, 7) is 5.28. The van der Waals surface area contributed by atoms with Crippen molar-refractivity contribution in [3.63, 3.8) is 0 Å². The van der Waals surface area contributed by atoms with Gasteiger partial charge in [-0.05, 0) is 37.8 Å².